The molecule has 108 valence electrons. The van der Waals surface area contributed by atoms with Crippen LogP contribution in [0.15, 0.2) is 10.7 Å². The van der Waals surface area contributed by atoms with Crippen LogP contribution in [0.1, 0.15) is 32.6 Å². The van der Waals surface area contributed by atoms with Crippen molar-refractivity contribution in [3.05, 3.63) is 10.7 Å². The topological polar surface area (TPSA) is 92.7 Å². The maximum Gasteiger partial charge on any atom is 0.266 e. The van der Waals surface area contributed by atoms with Crippen LogP contribution in [0, 0.1) is 0 Å². The molecule has 2 atom stereocenters. The van der Waals surface area contributed by atoms with Gasteiger partial charge in [0.1, 0.15) is 12.4 Å². The lowest BCUT2D eigenvalue weighted by Crippen LogP contribution is -2.47. The van der Waals surface area contributed by atoms with Gasteiger partial charge in [-0.25, -0.2) is 8.42 Å². The summed E-state index contributed by atoms with van der Waals surface area (Å²) in [6.45, 7) is 1.56. The van der Waals surface area contributed by atoms with Crippen LogP contribution in [0.4, 0.5) is 0 Å². The van der Waals surface area contributed by atoms with Crippen LogP contribution in [0.2, 0.25) is 0 Å². The number of ether oxygens (including phenoxy) is 1. The smallest absolute Gasteiger partial charge is 0.266 e. The van der Waals surface area contributed by atoms with Crippen molar-refractivity contribution in [2.75, 3.05) is 12.4 Å². The van der Waals surface area contributed by atoms with Crippen molar-refractivity contribution in [1.82, 2.24) is 5.32 Å². The van der Waals surface area contributed by atoms with Gasteiger partial charge in [-0.05, 0) is 19.8 Å². The molecule has 2 N–H and O–H groups in total. The van der Waals surface area contributed by atoms with E-state index in [0.29, 0.717) is 12.8 Å². The number of carbonyl (C=O) groups is 1. The average molecular weight is 289 g/mol. The average Bonchev–Trinajstić information content (AvgIpc) is 2.30. The quantitative estimate of drug-likeness (QED) is 0.751. The van der Waals surface area contributed by atoms with E-state index >= 15 is 0 Å². The van der Waals surface area contributed by atoms with Crippen LogP contribution in [0.5, 0.6) is 0 Å². The van der Waals surface area contributed by atoms with Gasteiger partial charge >= 0.3 is 0 Å². The summed E-state index contributed by atoms with van der Waals surface area (Å²) in [5, 5.41) is 12.4. The molecule has 0 saturated heterocycles. The Morgan fingerprint density at radius 3 is 2.68 bits per heavy atom. The van der Waals surface area contributed by atoms with E-state index in [4.69, 9.17) is 4.74 Å². The molecule has 0 unspecified atom stereocenters. The number of nitrogens with one attached hydrogen (secondary N) is 1. The Bertz CT molecular complexity index is 496. The first kappa shape index (κ1) is 14.3. The maximum absolute atomic E-state index is 12.1. The van der Waals surface area contributed by atoms with Gasteiger partial charge in [0.25, 0.3) is 5.91 Å². The van der Waals surface area contributed by atoms with Crippen LogP contribution in [-0.2, 0) is 19.4 Å². The molecule has 2 aliphatic rings. The van der Waals surface area contributed by atoms with Gasteiger partial charge in [0.15, 0.2) is 14.7 Å². The van der Waals surface area contributed by atoms with E-state index in [9.17, 15) is 18.3 Å². The van der Waals surface area contributed by atoms with Crippen LogP contribution in [-0.4, -0.2) is 43.9 Å². The van der Waals surface area contributed by atoms with Gasteiger partial charge in [-0.3, -0.25) is 4.79 Å². The fraction of sp³-hybridized carbons (Fsp3) is 0.750. The van der Waals surface area contributed by atoms with E-state index in [1.165, 1.54) is 6.92 Å². The minimum absolute atomic E-state index is 0.0804. The summed E-state index contributed by atoms with van der Waals surface area (Å²) < 4.78 is 28.9. The molecule has 1 aliphatic heterocycles. The summed E-state index contributed by atoms with van der Waals surface area (Å²) in [4.78, 5) is 11.8. The first-order valence-electron chi connectivity index (χ1n) is 6.47. The van der Waals surface area contributed by atoms with Crippen molar-refractivity contribution in [3.8, 4) is 0 Å². The van der Waals surface area contributed by atoms with Gasteiger partial charge in [-0.15, -0.1) is 0 Å². The normalized spacial score (nSPS) is 30.6. The van der Waals surface area contributed by atoms with Crippen molar-refractivity contribution in [2.45, 2.75) is 44.8 Å². The second-order valence-corrected chi connectivity index (χ2v) is 7.03. The molecule has 1 saturated carbocycles. The van der Waals surface area contributed by atoms with Crippen molar-refractivity contribution >= 4 is 15.7 Å². The highest BCUT2D eigenvalue weighted by Gasteiger charge is 2.34. The fourth-order valence-corrected chi connectivity index (χ4v) is 3.85. The third kappa shape index (κ3) is 3.09. The molecule has 0 radical (unpaired) electrons. The zero-order chi connectivity index (χ0) is 14.0. The standard InChI is InChI=1S/C12H19NO5S/c1-8-11(19(16,17)7-6-18-8)12(15)13-9-4-2-3-5-10(9)14/h9-10,14H,2-7H2,1H3,(H,13,15)/t9-,10+/m0/s1. The fourth-order valence-electron chi connectivity index (χ4n) is 2.51. The van der Waals surface area contributed by atoms with Gasteiger partial charge in [-0.2, -0.15) is 0 Å². The minimum atomic E-state index is -3.58. The van der Waals surface area contributed by atoms with Gasteiger partial charge < -0.3 is 15.2 Å². The Balaban J connectivity index is 2.15. The summed E-state index contributed by atoms with van der Waals surface area (Å²) >= 11 is 0. The van der Waals surface area contributed by atoms with Gasteiger partial charge in [0.05, 0.1) is 17.9 Å². The highest BCUT2D eigenvalue weighted by Crippen LogP contribution is 2.22. The number of hydrogen-bond acceptors (Lipinski definition) is 5. The molecular weight excluding hydrogens is 270 g/mol. The number of rotatable bonds is 2. The van der Waals surface area contributed by atoms with Crippen LogP contribution in [0.25, 0.3) is 0 Å². The number of allylic oxidation sites excluding steroid dienone is 1. The van der Waals surface area contributed by atoms with E-state index in [-0.39, 0.29) is 29.1 Å². The van der Waals surface area contributed by atoms with Crippen molar-refractivity contribution < 1.29 is 23.1 Å². The Morgan fingerprint density at radius 1 is 1.37 bits per heavy atom. The Labute approximate surface area is 112 Å². The number of aliphatic hydroxyl groups excluding tert-OH is 1. The van der Waals surface area contributed by atoms with Crippen molar-refractivity contribution in [3.63, 3.8) is 0 Å². The lowest BCUT2D eigenvalue weighted by Gasteiger charge is -2.29. The second kappa shape index (κ2) is 5.50. The number of aliphatic hydroxyl groups is 1. The predicted molar refractivity (Wildman–Crippen MR) is 68.8 cm³/mol. The molecule has 0 bridgehead atoms. The SMILES string of the molecule is CC1=C(C(=O)N[C@H]2CCCC[C@H]2O)S(=O)(=O)CCO1. The number of carbonyl (C=O) groups excluding carboxylic acids is 1. The molecule has 0 aromatic rings. The zero-order valence-corrected chi connectivity index (χ0v) is 11.7. The number of amides is 1. The maximum atomic E-state index is 12.1. The molecule has 0 aromatic heterocycles. The van der Waals surface area contributed by atoms with E-state index < -0.39 is 21.8 Å². The molecule has 1 aliphatic carbocycles. The van der Waals surface area contributed by atoms with Gasteiger partial charge in [0.2, 0.25) is 0 Å². The molecule has 1 fully saturated rings. The van der Waals surface area contributed by atoms with E-state index in [1.807, 2.05) is 0 Å². The third-order valence-electron chi connectivity index (χ3n) is 3.55. The van der Waals surface area contributed by atoms with Crippen molar-refractivity contribution in [2.24, 2.45) is 0 Å². The molecule has 7 heteroatoms. The van der Waals surface area contributed by atoms with E-state index in [1.54, 1.807) is 0 Å². The van der Waals surface area contributed by atoms with Crippen LogP contribution < -0.4 is 5.32 Å². The molecule has 1 amide bonds. The van der Waals surface area contributed by atoms with Gasteiger partial charge in [-0.1, -0.05) is 12.8 Å². The highest BCUT2D eigenvalue weighted by molar-refractivity contribution is 7.96. The first-order valence-corrected chi connectivity index (χ1v) is 8.12. The Morgan fingerprint density at radius 2 is 2.05 bits per heavy atom. The van der Waals surface area contributed by atoms with Gasteiger partial charge in [0, 0.05) is 0 Å². The third-order valence-corrected chi connectivity index (χ3v) is 5.35. The molecule has 2 rings (SSSR count). The lowest BCUT2D eigenvalue weighted by atomic mass is 9.92. The lowest BCUT2D eigenvalue weighted by molar-refractivity contribution is -0.119. The van der Waals surface area contributed by atoms with Crippen LogP contribution >= 0.6 is 0 Å². The Hall–Kier alpha value is -1.08. The summed E-state index contributed by atoms with van der Waals surface area (Å²) in [7, 11) is -3.58. The summed E-state index contributed by atoms with van der Waals surface area (Å²) in [6.07, 6.45) is 2.54. The molecule has 19 heavy (non-hydrogen) atoms. The minimum Gasteiger partial charge on any atom is -0.496 e. The van der Waals surface area contributed by atoms with Crippen molar-refractivity contribution in [1.29, 1.82) is 0 Å². The largest absolute Gasteiger partial charge is 0.496 e. The first-order chi connectivity index (χ1) is 8.92. The second-order valence-electron chi connectivity index (χ2n) is 4.98. The predicted octanol–water partition coefficient (Wildman–Crippen LogP) is 0.0826. The molecular formula is C12H19NO5S. The summed E-state index contributed by atoms with van der Waals surface area (Å²) in [6, 6.07) is -0.376. The monoisotopic (exact) mass is 289 g/mol. The Kier molecular flexibility index (Phi) is 4.15. The van der Waals surface area contributed by atoms with E-state index in [2.05, 4.69) is 5.32 Å². The summed E-state index contributed by atoms with van der Waals surface area (Å²) in [5.74, 6) is -0.711. The number of hydrogen-bond donors (Lipinski definition) is 2. The summed E-state index contributed by atoms with van der Waals surface area (Å²) in [5.41, 5.74) is 0. The molecule has 6 nitrogen and oxygen atoms in total. The number of sulfone groups is 1. The molecule has 0 spiro atoms. The van der Waals surface area contributed by atoms with E-state index in [0.717, 1.165) is 12.8 Å². The highest BCUT2D eigenvalue weighted by atomic mass is 32.2. The molecule has 0 aromatic carbocycles. The zero-order valence-electron chi connectivity index (χ0n) is 10.9. The van der Waals surface area contributed by atoms with Crippen LogP contribution in [0.3, 0.4) is 0 Å². The molecule has 1 heterocycles.